The van der Waals surface area contributed by atoms with Crippen molar-refractivity contribution in [3.63, 3.8) is 0 Å². The predicted octanol–water partition coefficient (Wildman–Crippen LogP) is 3.45. The summed E-state index contributed by atoms with van der Waals surface area (Å²) in [4.78, 5) is 40.7. The molecule has 8 heteroatoms. The summed E-state index contributed by atoms with van der Waals surface area (Å²) in [7, 11) is 1.72. The molecule has 32 heavy (non-hydrogen) atoms. The van der Waals surface area contributed by atoms with Crippen LogP contribution in [0.3, 0.4) is 0 Å². The molecule has 0 N–H and O–H groups in total. The minimum Gasteiger partial charge on any atom is -0.461 e. The maximum atomic E-state index is 13.5. The van der Waals surface area contributed by atoms with E-state index in [1.54, 1.807) is 63.6 Å². The van der Waals surface area contributed by atoms with E-state index in [1.165, 1.54) is 4.90 Å². The van der Waals surface area contributed by atoms with Crippen molar-refractivity contribution in [3.05, 3.63) is 58.9 Å². The van der Waals surface area contributed by atoms with Crippen LogP contribution in [-0.2, 0) is 11.8 Å². The molecule has 1 aliphatic rings. The van der Waals surface area contributed by atoms with Crippen LogP contribution in [0.1, 0.15) is 56.3 Å². The third-order valence-corrected chi connectivity index (χ3v) is 5.70. The highest BCUT2D eigenvalue weighted by Crippen LogP contribution is 2.33. The van der Waals surface area contributed by atoms with E-state index in [2.05, 4.69) is 6.58 Å². The zero-order valence-corrected chi connectivity index (χ0v) is 19.1. The first-order valence-corrected chi connectivity index (χ1v) is 10.4. The van der Waals surface area contributed by atoms with Gasteiger partial charge in [-0.25, -0.2) is 4.79 Å². The average molecular weight is 440 g/mol. The first-order chi connectivity index (χ1) is 15.2. The maximum Gasteiger partial charge on any atom is 0.355 e. The van der Waals surface area contributed by atoms with Crippen LogP contribution in [0.25, 0.3) is 0 Å². The van der Waals surface area contributed by atoms with Gasteiger partial charge in [0.25, 0.3) is 5.91 Å². The van der Waals surface area contributed by atoms with Crippen molar-refractivity contribution in [2.45, 2.75) is 33.7 Å². The Morgan fingerprint density at radius 2 is 1.94 bits per heavy atom. The third-order valence-electron chi connectivity index (χ3n) is 5.70. The molecule has 8 nitrogen and oxygen atoms in total. The molecule has 1 amide bonds. The van der Waals surface area contributed by atoms with Crippen LogP contribution in [0, 0.1) is 13.8 Å². The number of ether oxygens (including phenoxy) is 3. The maximum absolute atomic E-state index is 13.5. The number of esters is 1. The predicted molar refractivity (Wildman–Crippen MR) is 118 cm³/mol. The van der Waals surface area contributed by atoms with Crippen molar-refractivity contribution in [1.29, 1.82) is 0 Å². The highest BCUT2D eigenvalue weighted by Gasteiger charge is 2.33. The molecule has 0 bridgehead atoms. The summed E-state index contributed by atoms with van der Waals surface area (Å²) >= 11 is 0. The van der Waals surface area contributed by atoms with E-state index in [9.17, 15) is 14.4 Å². The second-order valence-electron chi connectivity index (χ2n) is 7.57. The molecule has 1 aliphatic heterocycles. The van der Waals surface area contributed by atoms with E-state index < -0.39 is 12.0 Å². The Balaban J connectivity index is 1.95. The number of aromatic nitrogens is 1. The number of Topliss-reactive ketones (excluding diaryl/α,β-unsaturated/α-hetero) is 1. The number of carbonyl (C=O) groups is 3. The topological polar surface area (TPSA) is 87.1 Å². The molecule has 0 aliphatic carbocycles. The molecular formula is C24H28N2O6. The standard InChI is InChI=1S/C24H28N2O6/c1-7-11-26(23(28)17-9-10-18-19(12-17)32-13-31-18)16(5)22(27)20-14(3)21(24(29)30-8-2)25(6)15(20)4/h7,9-10,12,16H,1,8,11,13H2,2-6H3. The van der Waals surface area contributed by atoms with Gasteiger partial charge in [-0.3, -0.25) is 9.59 Å². The smallest absolute Gasteiger partial charge is 0.355 e. The number of hydrogen-bond donors (Lipinski definition) is 0. The fourth-order valence-electron chi connectivity index (χ4n) is 3.93. The Morgan fingerprint density at radius 3 is 2.59 bits per heavy atom. The Hall–Kier alpha value is -3.55. The molecule has 0 spiro atoms. The van der Waals surface area contributed by atoms with Crippen molar-refractivity contribution < 1.29 is 28.6 Å². The molecule has 2 heterocycles. The number of amides is 1. The highest BCUT2D eigenvalue weighted by molar-refractivity contribution is 6.07. The summed E-state index contributed by atoms with van der Waals surface area (Å²) < 4.78 is 17.5. The lowest BCUT2D eigenvalue weighted by atomic mass is 9.99. The molecule has 0 radical (unpaired) electrons. The van der Waals surface area contributed by atoms with E-state index in [0.717, 1.165) is 0 Å². The molecule has 0 saturated heterocycles. The van der Waals surface area contributed by atoms with Crippen LogP contribution in [0.4, 0.5) is 0 Å². The normalized spacial score (nSPS) is 12.9. The quantitative estimate of drug-likeness (QED) is 0.355. The van der Waals surface area contributed by atoms with Gasteiger partial charge in [0.05, 0.1) is 12.6 Å². The van der Waals surface area contributed by atoms with Gasteiger partial charge >= 0.3 is 5.97 Å². The number of hydrogen-bond acceptors (Lipinski definition) is 6. The lowest BCUT2D eigenvalue weighted by molar-refractivity contribution is 0.0513. The second kappa shape index (κ2) is 9.30. The molecule has 2 aromatic rings. The van der Waals surface area contributed by atoms with E-state index in [0.29, 0.717) is 39.6 Å². The van der Waals surface area contributed by atoms with Crippen molar-refractivity contribution in [2.75, 3.05) is 19.9 Å². The van der Waals surface area contributed by atoms with E-state index in [1.807, 2.05) is 0 Å². The summed E-state index contributed by atoms with van der Waals surface area (Å²) in [6, 6.07) is 4.13. The number of ketones is 1. The molecule has 0 fully saturated rings. The fraction of sp³-hybridized carbons (Fsp3) is 0.375. The zero-order chi connectivity index (χ0) is 23.6. The molecule has 1 unspecified atom stereocenters. The number of carbonyl (C=O) groups excluding carboxylic acids is 3. The van der Waals surface area contributed by atoms with Crippen LogP contribution >= 0.6 is 0 Å². The number of nitrogens with zero attached hydrogens (tertiary/aromatic N) is 2. The van der Waals surface area contributed by atoms with Gasteiger partial charge in [-0.15, -0.1) is 6.58 Å². The minimum absolute atomic E-state index is 0.105. The van der Waals surface area contributed by atoms with Crippen LogP contribution in [0.5, 0.6) is 11.5 Å². The van der Waals surface area contributed by atoms with Gasteiger partial charge in [-0.2, -0.15) is 0 Å². The Kier molecular flexibility index (Phi) is 6.72. The van der Waals surface area contributed by atoms with Crippen LogP contribution < -0.4 is 9.47 Å². The van der Waals surface area contributed by atoms with Gasteiger partial charge in [0.1, 0.15) is 5.69 Å². The van der Waals surface area contributed by atoms with Crippen molar-refractivity contribution in [1.82, 2.24) is 9.47 Å². The lowest BCUT2D eigenvalue weighted by Gasteiger charge is -2.27. The second-order valence-corrected chi connectivity index (χ2v) is 7.57. The van der Waals surface area contributed by atoms with Crippen molar-refractivity contribution in [2.24, 2.45) is 7.05 Å². The largest absolute Gasteiger partial charge is 0.461 e. The van der Waals surface area contributed by atoms with E-state index in [-0.39, 0.29) is 31.6 Å². The number of benzene rings is 1. The van der Waals surface area contributed by atoms with Gasteiger partial charge < -0.3 is 23.7 Å². The summed E-state index contributed by atoms with van der Waals surface area (Å²) in [6.07, 6.45) is 1.57. The van der Waals surface area contributed by atoms with Gasteiger partial charge in [0, 0.05) is 30.4 Å². The molecule has 170 valence electrons. The Labute approximate surface area is 187 Å². The van der Waals surface area contributed by atoms with Gasteiger partial charge in [-0.1, -0.05) is 6.08 Å². The number of fused-ring (bicyclic) bond motifs is 1. The molecular weight excluding hydrogens is 412 g/mol. The SMILES string of the molecule is C=CCN(C(=O)c1ccc2c(c1)OCO2)C(C)C(=O)c1c(C)c(C(=O)OCC)n(C)c1C. The first-order valence-electron chi connectivity index (χ1n) is 10.4. The molecule has 0 saturated carbocycles. The van der Waals surface area contributed by atoms with Crippen LogP contribution in [0.2, 0.25) is 0 Å². The van der Waals surface area contributed by atoms with E-state index in [4.69, 9.17) is 14.2 Å². The fourth-order valence-corrected chi connectivity index (χ4v) is 3.93. The Morgan fingerprint density at radius 1 is 1.25 bits per heavy atom. The first kappa shape index (κ1) is 23.1. The highest BCUT2D eigenvalue weighted by atomic mass is 16.7. The van der Waals surface area contributed by atoms with Crippen molar-refractivity contribution >= 4 is 17.7 Å². The van der Waals surface area contributed by atoms with Crippen LogP contribution in [-0.4, -0.2) is 53.1 Å². The molecule has 1 aromatic carbocycles. The number of rotatable bonds is 8. The summed E-state index contributed by atoms with van der Waals surface area (Å²) in [5.41, 5.74) is 2.29. The monoisotopic (exact) mass is 440 g/mol. The van der Waals surface area contributed by atoms with Crippen molar-refractivity contribution in [3.8, 4) is 11.5 Å². The Bertz CT molecular complexity index is 1080. The lowest BCUT2D eigenvalue weighted by Crippen LogP contribution is -2.43. The molecule has 1 atom stereocenters. The molecule has 3 rings (SSSR count). The van der Waals surface area contributed by atoms with Crippen LogP contribution in [0.15, 0.2) is 30.9 Å². The summed E-state index contributed by atoms with van der Waals surface area (Å²) in [5, 5.41) is 0. The van der Waals surface area contributed by atoms with Gasteiger partial charge in [0.15, 0.2) is 17.3 Å². The summed E-state index contributed by atoms with van der Waals surface area (Å²) in [5.74, 6) is -0.0186. The molecule has 1 aromatic heterocycles. The zero-order valence-electron chi connectivity index (χ0n) is 19.1. The summed E-state index contributed by atoms with van der Waals surface area (Å²) in [6.45, 7) is 11.1. The van der Waals surface area contributed by atoms with Gasteiger partial charge in [0.2, 0.25) is 6.79 Å². The van der Waals surface area contributed by atoms with Gasteiger partial charge in [-0.05, 0) is 51.5 Å². The minimum atomic E-state index is -0.791. The van der Waals surface area contributed by atoms with E-state index >= 15 is 0 Å². The average Bonchev–Trinajstić information content (AvgIpc) is 3.32. The third kappa shape index (κ3) is 4.00.